The van der Waals surface area contributed by atoms with Crippen LogP contribution in [0.4, 0.5) is 0 Å². The molecule has 2 aliphatic rings. The Labute approximate surface area is 274 Å². The van der Waals surface area contributed by atoms with Gasteiger partial charge in [0.2, 0.25) is 0 Å². The minimum Gasteiger partial charge on any atom is -0.507 e. The molecule has 2 aromatic carbocycles. The Bertz CT molecular complexity index is 1330. The van der Waals surface area contributed by atoms with Crippen LogP contribution in [0, 0.1) is 0 Å². The molecule has 4 rings (SSSR count). The van der Waals surface area contributed by atoms with Crippen molar-refractivity contribution in [1.82, 2.24) is 0 Å². The van der Waals surface area contributed by atoms with Crippen LogP contribution in [0.5, 0.6) is 11.5 Å². The van der Waals surface area contributed by atoms with E-state index in [1.165, 1.54) is 0 Å². The van der Waals surface area contributed by atoms with Gasteiger partial charge < -0.3 is 20.4 Å². The zero-order valence-electron chi connectivity index (χ0n) is 29.3. The average molecular weight is 639 g/mol. The zero-order valence-corrected chi connectivity index (χ0v) is 30.1. The molecule has 248 valence electrons. The molecular formula is C38H54O6S. The van der Waals surface area contributed by atoms with E-state index in [0.29, 0.717) is 25.7 Å². The second kappa shape index (κ2) is 11.0. The van der Waals surface area contributed by atoms with Gasteiger partial charge in [0.1, 0.15) is 21.0 Å². The largest absolute Gasteiger partial charge is 0.507 e. The lowest BCUT2D eigenvalue weighted by Gasteiger charge is -2.55. The maximum absolute atomic E-state index is 13.3. The van der Waals surface area contributed by atoms with Crippen LogP contribution in [-0.2, 0) is 31.2 Å². The molecule has 4 unspecified atom stereocenters. The molecule has 7 heteroatoms. The topological polar surface area (TPSA) is 115 Å². The van der Waals surface area contributed by atoms with Gasteiger partial charge in [0, 0.05) is 11.8 Å². The molecule has 2 aliphatic carbocycles. The molecule has 0 aliphatic heterocycles. The van der Waals surface area contributed by atoms with E-state index in [2.05, 4.69) is 0 Å². The molecule has 4 N–H and O–H groups in total. The summed E-state index contributed by atoms with van der Waals surface area (Å²) in [5.74, 6) is -2.32. The second-order valence-electron chi connectivity index (χ2n) is 17.6. The summed E-state index contributed by atoms with van der Waals surface area (Å²) in [6, 6.07) is 7.79. The molecule has 0 radical (unpaired) electrons. The number of carboxylic acid groups (broad SMARTS) is 2. The predicted molar refractivity (Wildman–Crippen MR) is 183 cm³/mol. The van der Waals surface area contributed by atoms with Crippen LogP contribution in [0.2, 0.25) is 0 Å². The number of phenolic OH excluding ortho intramolecular Hbond substituents is 2. The van der Waals surface area contributed by atoms with Crippen LogP contribution in [0.25, 0.3) is 0 Å². The highest BCUT2D eigenvalue weighted by Gasteiger charge is 2.65. The molecule has 0 saturated heterocycles. The summed E-state index contributed by atoms with van der Waals surface area (Å²) in [6.07, 6.45) is 1.98. The van der Waals surface area contributed by atoms with Crippen molar-refractivity contribution in [1.29, 1.82) is 0 Å². The Morgan fingerprint density at radius 3 is 0.978 bits per heavy atom. The summed E-state index contributed by atoms with van der Waals surface area (Å²) in [7, 11) is 0. The molecule has 4 atom stereocenters. The Hall–Kier alpha value is -2.67. The number of carbonyl (C=O) groups is 2. The summed E-state index contributed by atoms with van der Waals surface area (Å²) < 4.78 is -2.65. The summed E-state index contributed by atoms with van der Waals surface area (Å²) in [5, 5.41) is 44.4. The number of hydrogen-bond acceptors (Lipinski definition) is 5. The van der Waals surface area contributed by atoms with E-state index in [9.17, 15) is 30.0 Å². The number of phenols is 2. The third kappa shape index (κ3) is 5.99. The maximum atomic E-state index is 13.3. The Morgan fingerprint density at radius 2 is 0.822 bits per heavy atom. The third-order valence-corrected chi connectivity index (χ3v) is 12.2. The van der Waals surface area contributed by atoms with E-state index in [-0.39, 0.29) is 33.2 Å². The van der Waals surface area contributed by atoms with Crippen molar-refractivity contribution in [2.24, 2.45) is 0 Å². The standard InChI is InChI=1S/C38H54O6S/c1-33(2,3)25-17-21(18-26(29(25)39)34(4,5)6)23-13-15-37(23,31(41)42)45-38(32(43)44)16-14-24(38)22-19-27(35(7,8)9)30(40)28(20-22)36(10,11)12/h17-20,23-24,39-40H,13-16H2,1-12H3,(H,41,42)(H,43,44). The lowest BCUT2D eigenvalue weighted by Crippen LogP contribution is -2.58. The molecular weight excluding hydrogens is 584 g/mol. The lowest BCUT2D eigenvalue weighted by molar-refractivity contribution is -0.144. The average Bonchev–Trinajstić information content (AvgIpc) is 2.81. The summed E-state index contributed by atoms with van der Waals surface area (Å²) in [6.45, 7) is 24.4. The Kier molecular flexibility index (Phi) is 8.57. The summed E-state index contributed by atoms with van der Waals surface area (Å²) in [4.78, 5) is 26.6. The van der Waals surface area contributed by atoms with Crippen LogP contribution in [0.3, 0.4) is 0 Å². The van der Waals surface area contributed by atoms with Crippen LogP contribution >= 0.6 is 11.8 Å². The van der Waals surface area contributed by atoms with Gasteiger partial charge in [0.15, 0.2) is 0 Å². The first-order valence-electron chi connectivity index (χ1n) is 16.2. The fraction of sp³-hybridized carbons (Fsp3) is 0.632. The fourth-order valence-corrected chi connectivity index (χ4v) is 9.20. The Balaban J connectivity index is 1.87. The molecule has 0 aromatic heterocycles. The first-order chi connectivity index (χ1) is 20.3. The van der Waals surface area contributed by atoms with Gasteiger partial charge in [-0.05, 0) is 80.7 Å². The van der Waals surface area contributed by atoms with Crippen molar-refractivity contribution in [2.45, 2.75) is 152 Å². The van der Waals surface area contributed by atoms with Crippen LogP contribution in [0.15, 0.2) is 24.3 Å². The van der Waals surface area contributed by atoms with Crippen molar-refractivity contribution < 1.29 is 30.0 Å². The van der Waals surface area contributed by atoms with E-state index in [4.69, 9.17) is 0 Å². The molecule has 0 amide bonds. The van der Waals surface area contributed by atoms with Crippen LogP contribution in [-0.4, -0.2) is 41.9 Å². The predicted octanol–water partition coefficient (Wildman–Crippen LogP) is 9.12. The number of aromatic hydroxyl groups is 2. The molecule has 2 aromatic rings. The quantitative estimate of drug-likeness (QED) is 0.249. The first-order valence-corrected chi connectivity index (χ1v) is 17.0. The third-order valence-electron chi connectivity index (χ3n) is 10.1. The van der Waals surface area contributed by atoms with Crippen LogP contribution in [0.1, 0.15) is 154 Å². The smallest absolute Gasteiger partial charge is 0.320 e. The van der Waals surface area contributed by atoms with E-state index in [1.54, 1.807) is 0 Å². The molecule has 0 heterocycles. The number of thioether (sulfide) groups is 1. The van der Waals surface area contributed by atoms with E-state index < -0.39 is 33.3 Å². The number of carboxylic acids is 2. The maximum Gasteiger partial charge on any atom is 0.320 e. The van der Waals surface area contributed by atoms with E-state index >= 15 is 0 Å². The number of aliphatic carboxylic acids is 2. The normalized spacial score (nSPS) is 25.8. The van der Waals surface area contributed by atoms with Gasteiger partial charge in [-0.15, -0.1) is 11.8 Å². The number of hydrogen-bond donors (Lipinski definition) is 4. The Morgan fingerprint density at radius 1 is 0.578 bits per heavy atom. The van der Waals surface area contributed by atoms with Crippen molar-refractivity contribution in [3.05, 3.63) is 57.6 Å². The summed E-state index contributed by atoms with van der Waals surface area (Å²) in [5.41, 5.74) is 3.25. The van der Waals surface area contributed by atoms with Crippen molar-refractivity contribution >= 4 is 23.7 Å². The SMILES string of the molecule is CC(C)(C)c1cc(C2CCC2(SC2(C(=O)O)CCC2c2cc(C(C)(C)C)c(O)c(C(C)(C)C)c2)C(=O)O)cc(C(C)(C)C)c1O. The highest BCUT2D eigenvalue weighted by Crippen LogP contribution is 2.66. The fourth-order valence-electron chi connectivity index (χ4n) is 7.14. The van der Waals surface area contributed by atoms with Gasteiger partial charge in [0.05, 0.1) is 0 Å². The van der Waals surface area contributed by atoms with E-state index in [0.717, 1.165) is 45.1 Å². The molecule has 2 saturated carbocycles. The van der Waals surface area contributed by atoms with Gasteiger partial charge in [0.25, 0.3) is 0 Å². The summed E-state index contributed by atoms with van der Waals surface area (Å²) >= 11 is 1.13. The molecule has 0 spiro atoms. The van der Waals surface area contributed by atoms with E-state index in [1.807, 2.05) is 107 Å². The molecule has 6 nitrogen and oxygen atoms in total. The highest BCUT2D eigenvalue weighted by atomic mass is 32.2. The zero-order chi connectivity index (χ0) is 34.3. The minimum atomic E-state index is -1.32. The van der Waals surface area contributed by atoms with Gasteiger partial charge >= 0.3 is 11.9 Å². The number of rotatable bonds is 6. The van der Waals surface area contributed by atoms with Crippen molar-refractivity contribution in [2.75, 3.05) is 0 Å². The molecule has 0 bridgehead atoms. The van der Waals surface area contributed by atoms with Crippen LogP contribution < -0.4 is 0 Å². The highest BCUT2D eigenvalue weighted by molar-refractivity contribution is 8.03. The molecule has 45 heavy (non-hydrogen) atoms. The monoisotopic (exact) mass is 638 g/mol. The van der Waals surface area contributed by atoms with Gasteiger partial charge in [-0.2, -0.15) is 0 Å². The first kappa shape index (κ1) is 35.2. The van der Waals surface area contributed by atoms with Gasteiger partial charge in [-0.25, -0.2) is 0 Å². The van der Waals surface area contributed by atoms with Crippen molar-refractivity contribution in [3.63, 3.8) is 0 Å². The number of benzene rings is 2. The second-order valence-corrected chi connectivity index (χ2v) is 19.3. The minimum absolute atomic E-state index is 0.240. The lowest BCUT2D eigenvalue weighted by atomic mass is 9.66. The molecule has 2 fully saturated rings. The van der Waals surface area contributed by atoms with Gasteiger partial charge in [-0.1, -0.05) is 107 Å². The van der Waals surface area contributed by atoms with Crippen molar-refractivity contribution in [3.8, 4) is 11.5 Å². The van der Waals surface area contributed by atoms with Gasteiger partial charge in [-0.3, -0.25) is 9.59 Å².